The van der Waals surface area contributed by atoms with Crippen LogP contribution in [-0.4, -0.2) is 0 Å². The first kappa shape index (κ1) is 35.0. The van der Waals surface area contributed by atoms with Crippen LogP contribution in [0.4, 0.5) is 17.1 Å². The number of hydrogen-bond acceptors (Lipinski definition) is 1. The molecule has 0 saturated carbocycles. The molecule has 0 amide bonds. The molecule has 280 valence electrons. The monoisotopic (exact) mass is 753 g/mol. The molecule has 0 unspecified atom stereocenters. The third-order valence-corrected chi connectivity index (χ3v) is 12.9. The highest BCUT2D eigenvalue weighted by Crippen LogP contribution is 2.59. The second kappa shape index (κ2) is 13.7. The van der Waals surface area contributed by atoms with Crippen molar-refractivity contribution in [3.05, 3.63) is 258 Å². The van der Waals surface area contributed by atoms with Crippen LogP contribution < -0.4 is 4.90 Å². The van der Waals surface area contributed by atoms with Crippen LogP contribution in [0.1, 0.15) is 47.2 Å². The van der Waals surface area contributed by atoms with Gasteiger partial charge in [0.1, 0.15) is 0 Å². The molecule has 1 nitrogen and oxygen atoms in total. The molecule has 0 radical (unpaired) electrons. The lowest BCUT2D eigenvalue weighted by molar-refractivity contribution is 0.661. The fourth-order valence-electron chi connectivity index (χ4n) is 10.4. The summed E-state index contributed by atoms with van der Waals surface area (Å²) in [5.74, 6) is 0. The smallest absolute Gasteiger partial charge is 0.0713 e. The van der Waals surface area contributed by atoms with Gasteiger partial charge >= 0.3 is 0 Å². The standard InChI is InChI=1S/C58H43N/c1-57(2)51-29-15-12-26-47(51)49-28-18-32-55(56(49)57)59(54-31-17-14-25-46(54)42-35-33-41(34-36-42)40-19-6-3-7-20-40)45-37-38-53-50(39-45)48-27-13-16-30-52(48)58(53,43-21-8-4-9-22-43)44-23-10-5-11-24-44/h3-39H,1-2H3. The lowest BCUT2D eigenvalue weighted by Crippen LogP contribution is -2.28. The maximum Gasteiger partial charge on any atom is 0.0713 e. The summed E-state index contributed by atoms with van der Waals surface area (Å²) in [4.78, 5) is 2.54. The summed E-state index contributed by atoms with van der Waals surface area (Å²) in [6.07, 6.45) is 0. The maximum atomic E-state index is 2.54. The molecule has 0 heterocycles. The van der Waals surface area contributed by atoms with Crippen LogP contribution in [0.2, 0.25) is 0 Å². The van der Waals surface area contributed by atoms with E-state index in [2.05, 4.69) is 243 Å². The predicted molar refractivity (Wildman–Crippen MR) is 247 cm³/mol. The van der Waals surface area contributed by atoms with E-state index in [1.165, 1.54) is 83.6 Å². The molecule has 0 bridgehead atoms. The Balaban J connectivity index is 1.17. The van der Waals surface area contributed by atoms with Crippen LogP contribution in [0.3, 0.4) is 0 Å². The van der Waals surface area contributed by atoms with Crippen molar-refractivity contribution < 1.29 is 0 Å². The molecule has 9 aromatic carbocycles. The van der Waals surface area contributed by atoms with Crippen LogP contribution >= 0.6 is 0 Å². The number of hydrogen-bond donors (Lipinski definition) is 0. The van der Waals surface area contributed by atoms with Crippen molar-refractivity contribution in [3.8, 4) is 44.5 Å². The fourth-order valence-corrected chi connectivity index (χ4v) is 10.4. The number of benzene rings is 9. The molecular formula is C58H43N. The Morgan fingerprint density at radius 3 is 1.47 bits per heavy atom. The maximum absolute atomic E-state index is 2.54. The molecule has 0 saturated heterocycles. The SMILES string of the molecule is CC1(C)c2ccccc2-c2cccc(N(c3ccc4c(c3)-c3ccccc3C4(c3ccccc3)c3ccccc3)c3ccccc3-c3ccc(-c4ccccc4)cc3)c21. The first-order valence-electron chi connectivity index (χ1n) is 20.7. The van der Waals surface area contributed by atoms with E-state index in [-0.39, 0.29) is 5.41 Å². The number of fused-ring (bicyclic) bond motifs is 6. The van der Waals surface area contributed by atoms with E-state index in [0.29, 0.717) is 0 Å². The number of anilines is 3. The van der Waals surface area contributed by atoms with Gasteiger partial charge in [0.2, 0.25) is 0 Å². The first-order valence-corrected chi connectivity index (χ1v) is 20.7. The zero-order valence-corrected chi connectivity index (χ0v) is 33.3. The number of para-hydroxylation sites is 1. The minimum absolute atomic E-state index is 0.216. The highest BCUT2D eigenvalue weighted by atomic mass is 15.1. The van der Waals surface area contributed by atoms with E-state index >= 15 is 0 Å². The summed E-state index contributed by atoms with van der Waals surface area (Å²) >= 11 is 0. The van der Waals surface area contributed by atoms with Gasteiger partial charge in [-0.1, -0.05) is 214 Å². The molecule has 0 spiro atoms. The van der Waals surface area contributed by atoms with Crippen molar-refractivity contribution in [2.45, 2.75) is 24.7 Å². The van der Waals surface area contributed by atoms with Crippen molar-refractivity contribution in [3.63, 3.8) is 0 Å². The Kier molecular flexibility index (Phi) is 8.13. The van der Waals surface area contributed by atoms with E-state index < -0.39 is 5.41 Å². The van der Waals surface area contributed by atoms with E-state index in [4.69, 9.17) is 0 Å². The van der Waals surface area contributed by atoms with Crippen molar-refractivity contribution in [1.29, 1.82) is 0 Å². The molecule has 0 aliphatic heterocycles. The Morgan fingerprint density at radius 1 is 0.322 bits per heavy atom. The summed E-state index contributed by atoms with van der Waals surface area (Å²) < 4.78 is 0. The first-order chi connectivity index (χ1) is 29.0. The lowest BCUT2D eigenvalue weighted by atomic mass is 9.68. The minimum Gasteiger partial charge on any atom is -0.310 e. The zero-order valence-electron chi connectivity index (χ0n) is 33.3. The highest BCUT2D eigenvalue weighted by Gasteiger charge is 2.46. The third-order valence-electron chi connectivity index (χ3n) is 12.9. The van der Waals surface area contributed by atoms with E-state index in [1.54, 1.807) is 0 Å². The van der Waals surface area contributed by atoms with Gasteiger partial charge in [-0.15, -0.1) is 0 Å². The van der Waals surface area contributed by atoms with Gasteiger partial charge in [-0.2, -0.15) is 0 Å². The lowest BCUT2D eigenvalue weighted by Gasteiger charge is -2.35. The number of nitrogens with zero attached hydrogens (tertiary/aromatic N) is 1. The van der Waals surface area contributed by atoms with Gasteiger partial charge in [-0.05, 0) is 96.6 Å². The van der Waals surface area contributed by atoms with Crippen molar-refractivity contribution in [1.82, 2.24) is 0 Å². The van der Waals surface area contributed by atoms with Crippen LogP contribution in [0.5, 0.6) is 0 Å². The Hall–Kier alpha value is -7.22. The molecule has 9 aromatic rings. The molecule has 59 heavy (non-hydrogen) atoms. The third kappa shape index (κ3) is 5.31. The summed E-state index contributed by atoms with van der Waals surface area (Å²) in [6.45, 7) is 4.78. The quantitative estimate of drug-likeness (QED) is 0.157. The van der Waals surface area contributed by atoms with Gasteiger partial charge in [-0.3, -0.25) is 0 Å². The zero-order chi connectivity index (χ0) is 39.6. The molecule has 0 atom stereocenters. The van der Waals surface area contributed by atoms with E-state index in [1.807, 2.05) is 0 Å². The van der Waals surface area contributed by atoms with Gasteiger partial charge in [0.05, 0.1) is 16.8 Å². The molecular weight excluding hydrogens is 711 g/mol. The number of rotatable bonds is 7. The summed E-state index contributed by atoms with van der Waals surface area (Å²) in [5, 5.41) is 0. The van der Waals surface area contributed by atoms with Gasteiger partial charge in [0, 0.05) is 16.7 Å². The largest absolute Gasteiger partial charge is 0.310 e. The van der Waals surface area contributed by atoms with Crippen LogP contribution in [0.25, 0.3) is 44.5 Å². The molecule has 1 heteroatoms. The van der Waals surface area contributed by atoms with Crippen molar-refractivity contribution in [2.24, 2.45) is 0 Å². The van der Waals surface area contributed by atoms with E-state index in [0.717, 1.165) is 11.4 Å². The van der Waals surface area contributed by atoms with Crippen molar-refractivity contribution in [2.75, 3.05) is 4.90 Å². The predicted octanol–water partition coefficient (Wildman–Crippen LogP) is 15.2. The Morgan fingerprint density at radius 2 is 0.797 bits per heavy atom. The molecule has 2 aliphatic carbocycles. The summed E-state index contributed by atoms with van der Waals surface area (Å²) in [6, 6.07) is 82.9. The molecule has 0 aromatic heterocycles. The van der Waals surface area contributed by atoms with Gasteiger partial charge in [0.25, 0.3) is 0 Å². The topological polar surface area (TPSA) is 3.24 Å². The Labute approximate surface area is 347 Å². The molecule has 0 N–H and O–H groups in total. The fraction of sp³-hybridized carbons (Fsp3) is 0.0690. The summed E-state index contributed by atoms with van der Waals surface area (Å²) in [7, 11) is 0. The molecule has 2 aliphatic rings. The van der Waals surface area contributed by atoms with Crippen LogP contribution in [0, 0.1) is 0 Å². The average molecular weight is 754 g/mol. The van der Waals surface area contributed by atoms with Crippen LogP contribution in [0.15, 0.2) is 224 Å². The van der Waals surface area contributed by atoms with Gasteiger partial charge in [-0.25, -0.2) is 0 Å². The van der Waals surface area contributed by atoms with Gasteiger partial charge < -0.3 is 4.90 Å². The average Bonchev–Trinajstić information content (AvgIpc) is 3.73. The second-order valence-electron chi connectivity index (χ2n) is 16.4. The highest BCUT2D eigenvalue weighted by molar-refractivity contribution is 5.96. The molecule has 11 rings (SSSR count). The second-order valence-corrected chi connectivity index (χ2v) is 16.4. The van der Waals surface area contributed by atoms with Crippen molar-refractivity contribution >= 4 is 17.1 Å². The van der Waals surface area contributed by atoms with Gasteiger partial charge in [0.15, 0.2) is 0 Å². The minimum atomic E-state index is -0.464. The summed E-state index contributed by atoms with van der Waals surface area (Å²) in [5.41, 5.74) is 20.6. The normalized spacial score (nSPS) is 13.9. The van der Waals surface area contributed by atoms with Crippen LogP contribution in [-0.2, 0) is 10.8 Å². The molecule has 0 fully saturated rings. The van der Waals surface area contributed by atoms with E-state index in [9.17, 15) is 0 Å². The Bertz CT molecular complexity index is 2960.